The Morgan fingerprint density at radius 1 is 0.931 bits per heavy atom. The van der Waals surface area contributed by atoms with Crippen LogP contribution in [0.2, 0.25) is 0 Å². The number of allylic oxidation sites excluding steroid dienone is 1. The van der Waals surface area contributed by atoms with E-state index in [1.165, 1.54) is 63.4 Å². The van der Waals surface area contributed by atoms with E-state index in [-0.39, 0.29) is 6.10 Å². The molecule has 0 aromatic heterocycles. The van der Waals surface area contributed by atoms with E-state index in [0.29, 0.717) is 16.7 Å². The quantitative estimate of drug-likeness (QED) is 0.470. The van der Waals surface area contributed by atoms with Gasteiger partial charge in [0.1, 0.15) is 0 Å². The molecular formula is C28H48O. The van der Waals surface area contributed by atoms with Gasteiger partial charge in [-0.2, -0.15) is 0 Å². The number of hydrogen-bond acceptors (Lipinski definition) is 1. The molecule has 0 amide bonds. The molecule has 9 atom stereocenters. The monoisotopic (exact) mass is 400 g/mol. The Balaban J connectivity index is 1.46. The van der Waals surface area contributed by atoms with Crippen molar-refractivity contribution in [2.24, 2.45) is 52.3 Å². The molecule has 1 heteroatoms. The molecule has 0 heterocycles. The summed E-state index contributed by atoms with van der Waals surface area (Å²) in [4.78, 5) is 0. The fourth-order valence-electron chi connectivity index (χ4n) is 9.11. The van der Waals surface area contributed by atoms with Crippen molar-refractivity contribution in [3.63, 3.8) is 0 Å². The molecule has 4 rings (SSSR count). The molecule has 0 aromatic rings. The summed E-state index contributed by atoms with van der Waals surface area (Å²) in [6.45, 7) is 16.8. The van der Waals surface area contributed by atoms with E-state index in [9.17, 15) is 5.11 Å². The van der Waals surface area contributed by atoms with Gasteiger partial charge in [-0.25, -0.2) is 0 Å². The second kappa shape index (κ2) is 7.99. The summed E-state index contributed by atoms with van der Waals surface area (Å²) in [5.74, 6) is 6.05. The van der Waals surface area contributed by atoms with Gasteiger partial charge in [0.05, 0.1) is 6.10 Å². The largest absolute Gasteiger partial charge is 0.393 e. The van der Waals surface area contributed by atoms with Gasteiger partial charge < -0.3 is 5.11 Å². The van der Waals surface area contributed by atoms with Gasteiger partial charge in [-0.15, -0.1) is 0 Å². The van der Waals surface area contributed by atoms with Crippen molar-refractivity contribution in [3.8, 4) is 0 Å². The summed E-state index contributed by atoms with van der Waals surface area (Å²) in [7, 11) is 0. The number of aliphatic hydroxyl groups is 1. The minimum Gasteiger partial charge on any atom is -0.393 e. The molecule has 0 aliphatic heterocycles. The van der Waals surface area contributed by atoms with E-state index in [4.69, 9.17) is 0 Å². The first-order chi connectivity index (χ1) is 13.7. The van der Waals surface area contributed by atoms with Crippen LogP contribution in [0.3, 0.4) is 0 Å². The highest BCUT2D eigenvalue weighted by molar-refractivity contribution is 5.10. The van der Waals surface area contributed by atoms with Crippen LogP contribution in [0.4, 0.5) is 0 Å². The molecule has 4 fully saturated rings. The molecule has 0 saturated heterocycles. The number of fused-ring (bicyclic) bond motifs is 5. The van der Waals surface area contributed by atoms with E-state index in [2.05, 4.69) is 41.2 Å². The fourth-order valence-corrected chi connectivity index (χ4v) is 9.11. The van der Waals surface area contributed by atoms with Crippen LogP contribution in [0.5, 0.6) is 0 Å². The molecule has 1 nitrogen and oxygen atoms in total. The molecule has 0 radical (unpaired) electrons. The lowest BCUT2D eigenvalue weighted by Crippen LogP contribution is -2.54. The van der Waals surface area contributed by atoms with Crippen molar-refractivity contribution in [1.29, 1.82) is 0 Å². The van der Waals surface area contributed by atoms with Gasteiger partial charge in [0.25, 0.3) is 0 Å². The van der Waals surface area contributed by atoms with Crippen molar-refractivity contribution < 1.29 is 5.11 Å². The topological polar surface area (TPSA) is 20.2 Å². The van der Waals surface area contributed by atoms with E-state index < -0.39 is 0 Å². The van der Waals surface area contributed by atoms with Crippen molar-refractivity contribution in [2.45, 2.75) is 111 Å². The van der Waals surface area contributed by atoms with Crippen LogP contribution in [0.25, 0.3) is 0 Å². The molecule has 4 aliphatic rings. The molecule has 0 spiro atoms. The molecule has 0 aromatic carbocycles. The molecule has 29 heavy (non-hydrogen) atoms. The predicted octanol–water partition coefficient (Wildman–Crippen LogP) is 7.63. The smallest absolute Gasteiger partial charge is 0.0543 e. The highest BCUT2D eigenvalue weighted by Gasteiger charge is 2.60. The lowest BCUT2D eigenvalue weighted by Gasteiger charge is -2.61. The Bertz CT molecular complexity index is 607. The molecule has 0 bridgehead atoms. The van der Waals surface area contributed by atoms with Gasteiger partial charge in [0.2, 0.25) is 0 Å². The summed E-state index contributed by atoms with van der Waals surface area (Å²) in [5, 5.41) is 10.3. The summed E-state index contributed by atoms with van der Waals surface area (Å²) in [5.41, 5.74) is 2.55. The third kappa shape index (κ3) is 3.66. The molecule has 1 unspecified atom stereocenters. The van der Waals surface area contributed by atoms with E-state index in [1.807, 2.05) is 0 Å². The second-order valence-electron chi connectivity index (χ2n) is 12.6. The maximum Gasteiger partial charge on any atom is 0.0543 e. The van der Waals surface area contributed by atoms with Crippen LogP contribution < -0.4 is 0 Å². The normalized spacial score (nSPS) is 48.0. The Morgan fingerprint density at radius 2 is 1.62 bits per heavy atom. The van der Waals surface area contributed by atoms with Crippen molar-refractivity contribution in [1.82, 2.24) is 0 Å². The van der Waals surface area contributed by atoms with Crippen LogP contribution in [-0.2, 0) is 0 Å². The fraction of sp³-hybridized carbons (Fsp3) is 0.929. The first-order valence-corrected chi connectivity index (χ1v) is 13.0. The van der Waals surface area contributed by atoms with Gasteiger partial charge in [-0.1, -0.05) is 46.8 Å². The summed E-state index contributed by atoms with van der Waals surface area (Å²) in [6.07, 6.45) is 14.7. The summed E-state index contributed by atoms with van der Waals surface area (Å²) >= 11 is 0. The lowest BCUT2D eigenvalue weighted by atomic mass is 9.44. The predicted molar refractivity (Wildman–Crippen MR) is 124 cm³/mol. The molecule has 166 valence electrons. The van der Waals surface area contributed by atoms with Crippen LogP contribution in [-0.4, -0.2) is 11.2 Å². The van der Waals surface area contributed by atoms with E-state index in [1.54, 1.807) is 0 Å². The van der Waals surface area contributed by atoms with E-state index >= 15 is 0 Å². The third-order valence-electron chi connectivity index (χ3n) is 11.1. The van der Waals surface area contributed by atoms with Gasteiger partial charge >= 0.3 is 0 Å². The molecular weight excluding hydrogens is 352 g/mol. The zero-order valence-electron chi connectivity index (χ0n) is 20.1. The maximum absolute atomic E-state index is 10.3. The average molecular weight is 401 g/mol. The maximum atomic E-state index is 10.3. The summed E-state index contributed by atoms with van der Waals surface area (Å²) in [6, 6.07) is 0. The standard InChI is InChI=1S/C28H48O/c1-18(2)19(3)7-8-20(4)24-11-12-25-23-10-9-21-17-22(29)13-15-27(21,5)26(23)14-16-28(24,25)6/h18,20-26,29H,3,7-17H2,1-2,4-6H3/t20?,21-,22-,23-,24+,25-,26-,27-,28+/m0/s1. The first-order valence-electron chi connectivity index (χ1n) is 13.0. The zero-order valence-corrected chi connectivity index (χ0v) is 20.1. The number of aliphatic hydroxyl groups excluding tert-OH is 1. The zero-order chi connectivity index (χ0) is 21.0. The Hall–Kier alpha value is -0.300. The van der Waals surface area contributed by atoms with E-state index in [0.717, 1.165) is 48.3 Å². The Labute approximate surface area is 181 Å². The van der Waals surface area contributed by atoms with Crippen molar-refractivity contribution >= 4 is 0 Å². The Morgan fingerprint density at radius 3 is 2.34 bits per heavy atom. The SMILES string of the molecule is C=C(CCC(C)[C@H]1CC[C@H]2[C@@H]3CC[C@H]4C[C@@H](O)CC[C@]4(C)[C@H]3CC[C@]12C)C(C)C. The highest BCUT2D eigenvalue weighted by Crippen LogP contribution is 2.68. The highest BCUT2D eigenvalue weighted by atomic mass is 16.3. The first kappa shape index (κ1) is 21.9. The van der Waals surface area contributed by atoms with Crippen molar-refractivity contribution in [3.05, 3.63) is 12.2 Å². The number of hydrogen-bond donors (Lipinski definition) is 1. The molecule has 4 saturated carbocycles. The van der Waals surface area contributed by atoms with Gasteiger partial charge in [0, 0.05) is 0 Å². The van der Waals surface area contributed by atoms with Crippen LogP contribution in [0, 0.1) is 52.3 Å². The lowest BCUT2D eigenvalue weighted by molar-refractivity contribution is -0.129. The van der Waals surface area contributed by atoms with Crippen LogP contribution in [0.15, 0.2) is 12.2 Å². The second-order valence-corrected chi connectivity index (χ2v) is 12.6. The van der Waals surface area contributed by atoms with Gasteiger partial charge in [-0.3, -0.25) is 0 Å². The van der Waals surface area contributed by atoms with Gasteiger partial charge in [-0.05, 0) is 123 Å². The third-order valence-corrected chi connectivity index (χ3v) is 11.1. The Kier molecular flexibility index (Phi) is 6.04. The minimum atomic E-state index is -0.0178. The minimum absolute atomic E-state index is 0.0178. The number of rotatable bonds is 5. The van der Waals surface area contributed by atoms with Crippen LogP contribution in [0.1, 0.15) is 105 Å². The van der Waals surface area contributed by atoms with Crippen molar-refractivity contribution in [2.75, 3.05) is 0 Å². The molecule has 1 N–H and O–H groups in total. The summed E-state index contributed by atoms with van der Waals surface area (Å²) < 4.78 is 0. The average Bonchev–Trinajstić information content (AvgIpc) is 3.03. The van der Waals surface area contributed by atoms with Crippen LogP contribution >= 0.6 is 0 Å². The van der Waals surface area contributed by atoms with Gasteiger partial charge in [0.15, 0.2) is 0 Å². The molecule has 4 aliphatic carbocycles.